The van der Waals surface area contributed by atoms with E-state index in [0.29, 0.717) is 21.9 Å². The summed E-state index contributed by atoms with van der Waals surface area (Å²) in [6, 6.07) is 0. The molecule has 164 valence electrons. The maximum Gasteiger partial charge on any atom is 0.00644 e. The van der Waals surface area contributed by atoms with Crippen molar-refractivity contribution in [3.8, 4) is 0 Å². The zero-order chi connectivity index (χ0) is 20.7. The van der Waals surface area contributed by atoms with Crippen molar-refractivity contribution < 1.29 is 0 Å². The SMILES string of the molecule is CC1CCC(C2C=CC=C2)(P(C2CCCCC2)C2CCCCC2)C(C)(C)C1(C)C. The summed E-state index contributed by atoms with van der Waals surface area (Å²) in [6.45, 7) is 13.2. The van der Waals surface area contributed by atoms with Gasteiger partial charge in [-0.05, 0) is 66.6 Å². The molecule has 0 aliphatic heterocycles. The molecular formula is C28H47P. The van der Waals surface area contributed by atoms with Crippen LogP contribution in [0.1, 0.15) is 112 Å². The molecule has 0 aromatic carbocycles. The molecule has 0 N–H and O–H groups in total. The highest BCUT2D eigenvalue weighted by Crippen LogP contribution is 2.77. The van der Waals surface area contributed by atoms with E-state index < -0.39 is 0 Å². The van der Waals surface area contributed by atoms with E-state index in [9.17, 15) is 0 Å². The average molecular weight is 415 g/mol. The molecule has 0 amide bonds. The predicted octanol–water partition coefficient (Wildman–Crippen LogP) is 9.10. The van der Waals surface area contributed by atoms with Crippen molar-refractivity contribution in [2.45, 2.75) is 128 Å². The van der Waals surface area contributed by atoms with Gasteiger partial charge in [0.15, 0.2) is 0 Å². The van der Waals surface area contributed by atoms with Gasteiger partial charge in [0.2, 0.25) is 0 Å². The molecule has 0 radical (unpaired) electrons. The van der Waals surface area contributed by atoms with Crippen LogP contribution in [0.2, 0.25) is 0 Å². The van der Waals surface area contributed by atoms with Crippen LogP contribution in [0.25, 0.3) is 0 Å². The maximum absolute atomic E-state index is 2.71. The zero-order valence-electron chi connectivity index (χ0n) is 20.1. The lowest BCUT2D eigenvalue weighted by Gasteiger charge is -2.68. The van der Waals surface area contributed by atoms with Crippen LogP contribution in [0, 0.1) is 22.7 Å². The van der Waals surface area contributed by atoms with Gasteiger partial charge in [0, 0.05) is 11.1 Å². The summed E-state index contributed by atoms with van der Waals surface area (Å²) in [7, 11) is 0.0216. The fourth-order valence-electron chi connectivity index (χ4n) is 7.91. The Hall–Kier alpha value is -0.0900. The molecule has 0 spiro atoms. The molecular weight excluding hydrogens is 367 g/mol. The molecule has 4 aliphatic rings. The van der Waals surface area contributed by atoms with Crippen molar-refractivity contribution in [1.29, 1.82) is 0 Å². The Labute approximate surface area is 183 Å². The summed E-state index contributed by atoms with van der Waals surface area (Å²) in [5.74, 6) is 1.51. The molecule has 0 aromatic heterocycles. The molecule has 0 saturated heterocycles. The number of hydrogen-bond donors (Lipinski definition) is 0. The molecule has 29 heavy (non-hydrogen) atoms. The third-order valence-electron chi connectivity index (χ3n) is 10.6. The minimum atomic E-state index is 0.0216. The van der Waals surface area contributed by atoms with Gasteiger partial charge in [-0.15, -0.1) is 0 Å². The molecule has 3 fully saturated rings. The lowest BCUT2D eigenvalue weighted by atomic mass is 9.48. The van der Waals surface area contributed by atoms with Crippen LogP contribution in [0.5, 0.6) is 0 Å². The summed E-state index contributed by atoms with van der Waals surface area (Å²) < 4.78 is 0. The Kier molecular flexibility index (Phi) is 6.44. The van der Waals surface area contributed by atoms with Crippen molar-refractivity contribution in [3.05, 3.63) is 24.3 Å². The monoisotopic (exact) mass is 414 g/mol. The van der Waals surface area contributed by atoms with Gasteiger partial charge in [0.1, 0.15) is 0 Å². The first-order valence-corrected chi connectivity index (χ1v) is 14.4. The zero-order valence-corrected chi connectivity index (χ0v) is 20.9. The predicted molar refractivity (Wildman–Crippen MR) is 131 cm³/mol. The molecule has 0 heterocycles. The summed E-state index contributed by atoms with van der Waals surface area (Å²) in [4.78, 5) is 0. The molecule has 3 saturated carbocycles. The van der Waals surface area contributed by atoms with Gasteiger partial charge in [-0.25, -0.2) is 0 Å². The normalized spacial score (nSPS) is 36.1. The van der Waals surface area contributed by atoms with Gasteiger partial charge in [-0.3, -0.25) is 0 Å². The summed E-state index contributed by atoms with van der Waals surface area (Å²) in [5, 5.41) is 0.492. The van der Waals surface area contributed by atoms with Gasteiger partial charge in [-0.1, -0.05) is 105 Å². The Morgan fingerprint density at radius 3 is 1.66 bits per heavy atom. The number of allylic oxidation sites excluding steroid dienone is 4. The highest BCUT2D eigenvalue weighted by molar-refractivity contribution is 7.61. The minimum absolute atomic E-state index is 0.0216. The van der Waals surface area contributed by atoms with Gasteiger partial charge in [-0.2, -0.15) is 0 Å². The summed E-state index contributed by atoms with van der Waals surface area (Å²) >= 11 is 0. The third-order valence-corrected chi connectivity index (χ3v) is 15.2. The first-order valence-electron chi connectivity index (χ1n) is 13.0. The standard InChI is InChI=1S/C28H47P/c1-22-20-21-28(23-14-12-13-15-23,27(4,5)26(22,2)3)29(24-16-8-6-9-17-24)25-18-10-7-11-19-25/h12-15,22-25H,6-11,16-21H2,1-5H3. The van der Waals surface area contributed by atoms with Crippen LogP contribution < -0.4 is 0 Å². The lowest BCUT2D eigenvalue weighted by Crippen LogP contribution is -2.61. The lowest BCUT2D eigenvalue weighted by molar-refractivity contribution is -0.0451. The number of rotatable bonds is 4. The Morgan fingerprint density at radius 1 is 0.690 bits per heavy atom. The van der Waals surface area contributed by atoms with Gasteiger partial charge >= 0.3 is 0 Å². The van der Waals surface area contributed by atoms with E-state index in [1.165, 1.54) is 77.0 Å². The van der Waals surface area contributed by atoms with Crippen LogP contribution >= 0.6 is 7.92 Å². The van der Waals surface area contributed by atoms with E-state index in [1.807, 2.05) is 0 Å². The van der Waals surface area contributed by atoms with E-state index in [4.69, 9.17) is 0 Å². The number of hydrogen-bond acceptors (Lipinski definition) is 0. The minimum Gasteiger partial charge on any atom is -0.0925 e. The van der Waals surface area contributed by atoms with Crippen molar-refractivity contribution in [2.24, 2.45) is 22.7 Å². The van der Waals surface area contributed by atoms with Crippen LogP contribution in [-0.2, 0) is 0 Å². The molecule has 0 nitrogen and oxygen atoms in total. The van der Waals surface area contributed by atoms with E-state index in [0.717, 1.165) is 17.2 Å². The second-order valence-corrected chi connectivity index (χ2v) is 15.1. The topological polar surface area (TPSA) is 0 Å². The van der Waals surface area contributed by atoms with Crippen LogP contribution in [0.15, 0.2) is 24.3 Å². The van der Waals surface area contributed by atoms with Gasteiger partial charge in [0.25, 0.3) is 0 Å². The first-order chi connectivity index (χ1) is 13.8. The second-order valence-electron chi connectivity index (χ2n) is 12.0. The van der Waals surface area contributed by atoms with Crippen LogP contribution in [-0.4, -0.2) is 16.5 Å². The fraction of sp³-hybridized carbons (Fsp3) is 0.857. The molecule has 4 rings (SSSR count). The molecule has 4 aliphatic carbocycles. The Morgan fingerprint density at radius 2 is 1.17 bits per heavy atom. The summed E-state index contributed by atoms with van der Waals surface area (Å²) in [5.41, 5.74) is 2.85. The van der Waals surface area contributed by atoms with E-state index in [1.54, 1.807) is 0 Å². The van der Waals surface area contributed by atoms with Crippen LogP contribution in [0.4, 0.5) is 0 Å². The van der Waals surface area contributed by atoms with Crippen molar-refractivity contribution in [2.75, 3.05) is 0 Å². The first kappa shape index (κ1) is 22.1. The van der Waals surface area contributed by atoms with Crippen LogP contribution in [0.3, 0.4) is 0 Å². The van der Waals surface area contributed by atoms with Crippen molar-refractivity contribution in [1.82, 2.24) is 0 Å². The highest BCUT2D eigenvalue weighted by Gasteiger charge is 2.64. The van der Waals surface area contributed by atoms with Gasteiger partial charge in [0.05, 0.1) is 0 Å². The Bertz CT molecular complexity index is 584. The van der Waals surface area contributed by atoms with E-state index in [-0.39, 0.29) is 7.92 Å². The van der Waals surface area contributed by atoms with Crippen molar-refractivity contribution in [3.63, 3.8) is 0 Å². The molecule has 2 unspecified atom stereocenters. The largest absolute Gasteiger partial charge is 0.0925 e. The average Bonchev–Trinajstić information content (AvgIpc) is 3.26. The molecule has 1 heteroatoms. The van der Waals surface area contributed by atoms with Gasteiger partial charge < -0.3 is 0 Å². The molecule has 2 atom stereocenters. The maximum atomic E-state index is 2.71. The highest BCUT2D eigenvalue weighted by atomic mass is 31.1. The third kappa shape index (κ3) is 3.52. The smallest absolute Gasteiger partial charge is 0.00644 e. The van der Waals surface area contributed by atoms with E-state index >= 15 is 0 Å². The summed E-state index contributed by atoms with van der Waals surface area (Å²) in [6.07, 6.45) is 28.1. The van der Waals surface area contributed by atoms with Crippen molar-refractivity contribution >= 4 is 7.92 Å². The molecule has 0 aromatic rings. The Balaban J connectivity index is 1.85. The fourth-order valence-corrected chi connectivity index (χ4v) is 13.5. The second kappa shape index (κ2) is 8.45. The quantitative estimate of drug-likeness (QED) is 0.402. The molecule has 0 bridgehead atoms. The van der Waals surface area contributed by atoms with E-state index in [2.05, 4.69) is 58.9 Å².